The third-order valence-corrected chi connectivity index (χ3v) is 5.08. The molecular formula is C16H22N2O2. The van der Waals surface area contributed by atoms with Gasteiger partial charge in [0.25, 0.3) is 5.91 Å². The molecule has 0 aliphatic heterocycles. The molecule has 0 radical (unpaired) electrons. The van der Waals surface area contributed by atoms with Crippen LogP contribution in [0.5, 0.6) is 0 Å². The molecule has 3 fully saturated rings. The van der Waals surface area contributed by atoms with Crippen LogP contribution in [-0.2, 0) is 0 Å². The summed E-state index contributed by atoms with van der Waals surface area (Å²) in [4.78, 5) is 12.2. The number of carbonyl (C=O) groups is 1. The second-order valence-electron chi connectivity index (χ2n) is 6.82. The number of aromatic nitrogens is 1. The van der Waals surface area contributed by atoms with Crippen LogP contribution >= 0.6 is 0 Å². The number of rotatable bonds is 4. The summed E-state index contributed by atoms with van der Waals surface area (Å²) in [5, 5.41) is 7.08. The van der Waals surface area contributed by atoms with Crippen LogP contribution in [0, 0.1) is 11.8 Å². The first-order valence-corrected chi connectivity index (χ1v) is 8.07. The highest BCUT2D eigenvalue weighted by Gasteiger charge is 2.35. The Bertz CT molecular complexity index is 502. The molecule has 4 rings (SSSR count). The van der Waals surface area contributed by atoms with Crippen LogP contribution in [0.2, 0.25) is 0 Å². The van der Waals surface area contributed by atoms with Gasteiger partial charge in [0.2, 0.25) is 0 Å². The summed E-state index contributed by atoms with van der Waals surface area (Å²) in [6.45, 7) is 0. The van der Waals surface area contributed by atoms with Crippen molar-refractivity contribution in [2.45, 2.75) is 63.3 Å². The molecule has 0 saturated heterocycles. The molecule has 1 aromatic rings. The van der Waals surface area contributed by atoms with Crippen LogP contribution in [0.1, 0.15) is 73.5 Å². The normalized spacial score (nSPS) is 30.2. The van der Waals surface area contributed by atoms with E-state index in [2.05, 4.69) is 10.5 Å². The fraction of sp³-hybridized carbons (Fsp3) is 0.750. The van der Waals surface area contributed by atoms with Crippen LogP contribution in [0.3, 0.4) is 0 Å². The Morgan fingerprint density at radius 2 is 2.00 bits per heavy atom. The molecule has 1 amide bonds. The van der Waals surface area contributed by atoms with Crippen molar-refractivity contribution in [3.63, 3.8) is 0 Å². The highest BCUT2D eigenvalue weighted by Crippen LogP contribution is 2.44. The van der Waals surface area contributed by atoms with Gasteiger partial charge in [-0.05, 0) is 50.4 Å². The molecule has 20 heavy (non-hydrogen) atoms. The zero-order chi connectivity index (χ0) is 13.5. The first-order valence-electron chi connectivity index (χ1n) is 8.07. The molecule has 108 valence electrons. The summed E-state index contributed by atoms with van der Waals surface area (Å²) in [6, 6.07) is 2.16. The number of nitrogens with zero attached hydrogens (tertiary/aromatic N) is 1. The van der Waals surface area contributed by atoms with Crippen LogP contribution < -0.4 is 5.32 Å². The monoisotopic (exact) mass is 274 g/mol. The molecule has 0 bridgehead atoms. The molecule has 1 aromatic heterocycles. The standard InChI is InChI=1S/C16H22N2O2/c19-16(14-9-15(20-18-14)11-6-7-11)17-13-3-1-2-12(8-13)10-4-5-10/h9-13H,1-8H2,(H,17,19)/t12-,13+/m1/s1. The summed E-state index contributed by atoms with van der Waals surface area (Å²) in [6.07, 6.45) is 10.0. The predicted molar refractivity (Wildman–Crippen MR) is 74.4 cm³/mol. The first kappa shape index (κ1) is 12.4. The summed E-state index contributed by atoms with van der Waals surface area (Å²) in [7, 11) is 0. The van der Waals surface area contributed by atoms with Crippen molar-refractivity contribution >= 4 is 5.91 Å². The summed E-state index contributed by atoms with van der Waals surface area (Å²) >= 11 is 0. The Morgan fingerprint density at radius 3 is 2.75 bits per heavy atom. The quantitative estimate of drug-likeness (QED) is 0.917. The zero-order valence-corrected chi connectivity index (χ0v) is 11.8. The van der Waals surface area contributed by atoms with Crippen molar-refractivity contribution in [3.05, 3.63) is 17.5 Å². The smallest absolute Gasteiger partial charge is 0.273 e. The van der Waals surface area contributed by atoms with Crippen molar-refractivity contribution in [3.8, 4) is 0 Å². The average Bonchev–Trinajstić information content (AvgIpc) is 3.37. The minimum atomic E-state index is -0.0536. The van der Waals surface area contributed by atoms with Gasteiger partial charge in [0, 0.05) is 18.0 Å². The highest BCUT2D eigenvalue weighted by molar-refractivity contribution is 5.92. The molecule has 1 N–H and O–H groups in total. The zero-order valence-electron chi connectivity index (χ0n) is 11.8. The van der Waals surface area contributed by atoms with E-state index in [0.29, 0.717) is 17.7 Å². The lowest BCUT2D eigenvalue weighted by Crippen LogP contribution is -2.38. The van der Waals surface area contributed by atoms with Gasteiger partial charge in [-0.1, -0.05) is 18.0 Å². The van der Waals surface area contributed by atoms with Crippen LogP contribution in [0.25, 0.3) is 0 Å². The number of hydrogen-bond donors (Lipinski definition) is 1. The van der Waals surface area contributed by atoms with Crippen molar-refractivity contribution in [2.75, 3.05) is 0 Å². The maximum Gasteiger partial charge on any atom is 0.273 e. The van der Waals surface area contributed by atoms with E-state index in [1.54, 1.807) is 0 Å². The van der Waals surface area contributed by atoms with E-state index < -0.39 is 0 Å². The Kier molecular flexibility index (Phi) is 3.04. The van der Waals surface area contributed by atoms with E-state index in [4.69, 9.17) is 4.52 Å². The fourth-order valence-corrected chi connectivity index (χ4v) is 3.57. The molecule has 4 heteroatoms. The Morgan fingerprint density at radius 1 is 1.15 bits per heavy atom. The van der Waals surface area contributed by atoms with Gasteiger partial charge in [-0.3, -0.25) is 4.79 Å². The average molecular weight is 274 g/mol. The lowest BCUT2D eigenvalue weighted by atomic mass is 9.82. The number of hydrogen-bond acceptors (Lipinski definition) is 3. The minimum absolute atomic E-state index is 0.0536. The third-order valence-electron chi connectivity index (χ3n) is 5.08. The highest BCUT2D eigenvalue weighted by atomic mass is 16.5. The molecular weight excluding hydrogens is 252 g/mol. The SMILES string of the molecule is O=C(N[C@H]1CCC[C@@H](C2CC2)C1)c1cc(C2CC2)on1. The molecule has 3 aliphatic carbocycles. The van der Waals surface area contributed by atoms with E-state index in [-0.39, 0.29) is 5.91 Å². The van der Waals surface area contributed by atoms with Crippen molar-refractivity contribution in [2.24, 2.45) is 11.8 Å². The van der Waals surface area contributed by atoms with Gasteiger partial charge >= 0.3 is 0 Å². The topological polar surface area (TPSA) is 55.1 Å². The van der Waals surface area contributed by atoms with Crippen molar-refractivity contribution in [1.29, 1.82) is 0 Å². The van der Waals surface area contributed by atoms with Crippen molar-refractivity contribution < 1.29 is 9.32 Å². The van der Waals surface area contributed by atoms with Gasteiger partial charge in [-0.2, -0.15) is 0 Å². The minimum Gasteiger partial charge on any atom is -0.360 e. The number of amides is 1. The molecule has 4 nitrogen and oxygen atoms in total. The maximum absolute atomic E-state index is 12.2. The van der Waals surface area contributed by atoms with E-state index in [9.17, 15) is 4.79 Å². The van der Waals surface area contributed by atoms with E-state index >= 15 is 0 Å². The molecule has 2 atom stereocenters. The van der Waals surface area contributed by atoms with Crippen LogP contribution in [0.4, 0.5) is 0 Å². The summed E-state index contributed by atoms with van der Waals surface area (Å²) < 4.78 is 5.26. The van der Waals surface area contributed by atoms with Crippen molar-refractivity contribution in [1.82, 2.24) is 10.5 Å². The summed E-state index contributed by atoms with van der Waals surface area (Å²) in [5.41, 5.74) is 0.459. The second kappa shape index (κ2) is 4.90. The second-order valence-corrected chi connectivity index (χ2v) is 6.82. The Hall–Kier alpha value is -1.32. The largest absolute Gasteiger partial charge is 0.360 e. The van der Waals surface area contributed by atoms with E-state index in [1.807, 2.05) is 6.07 Å². The maximum atomic E-state index is 12.2. The predicted octanol–water partition coefficient (Wildman–Crippen LogP) is 3.25. The number of nitrogens with one attached hydrogen (secondary N) is 1. The summed E-state index contributed by atoms with van der Waals surface area (Å²) in [5.74, 6) is 3.13. The lowest BCUT2D eigenvalue weighted by molar-refractivity contribution is 0.0907. The van der Waals surface area contributed by atoms with Crippen LogP contribution in [-0.4, -0.2) is 17.1 Å². The molecule has 1 heterocycles. The molecule has 0 unspecified atom stereocenters. The molecule has 0 spiro atoms. The number of carbonyl (C=O) groups excluding carboxylic acids is 1. The van der Waals surface area contributed by atoms with Gasteiger partial charge in [0.1, 0.15) is 5.76 Å². The van der Waals surface area contributed by atoms with Gasteiger partial charge in [0.05, 0.1) is 0 Å². The molecule has 0 aromatic carbocycles. The van der Waals surface area contributed by atoms with Gasteiger partial charge in [-0.15, -0.1) is 0 Å². The Labute approximate surface area is 119 Å². The van der Waals surface area contributed by atoms with Gasteiger partial charge < -0.3 is 9.84 Å². The first-order chi connectivity index (χ1) is 9.79. The molecule has 3 aliphatic rings. The van der Waals surface area contributed by atoms with E-state index in [0.717, 1.165) is 30.4 Å². The van der Waals surface area contributed by atoms with E-state index in [1.165, 1.54) is 38.5 Å². The van der Waals surface area contributed by atoms with Gasteiger partial charge in [0.15, 0.2) is 5.69 Å². The lowest BCUT2D eigenvalue weighted by Gasteiger charge is -2.29. The van der Waals surface area contributed by atoms with Crippen LogP contribution in [0.15, 0.2) is 10.6 Å². The molecule has 3 saturated carbocycles. The third kappa shape index (κ3) is 2.60. The Balaban J connectivity index is 1.35. The fourth-order valence-electron chi connectivity index (χ4n) is 3.57. The van der Waals surface area contributed by atoms with Gasteiger partial charge in [-0.25, -0.2) is 0 Å².